The van der Waals surface area contributed by atoms with Crippen LogP contribution < -0.4 is 5.73 Å². The highest BCUT2D eigenvalue weighted by Crippen LogP contribution is 2.20. The molecule has 1 aliphatic rings. The molecule has 2 atom stereocenters. The van der Waals surface area contributed by atoms with Crippen LogP contribution in [0, 0.1) is 11.8 Å². The van der Waals surface area contributed by atoms with Crippen LogP contribution in [-0.4, -0.2) is 23.4 Å². The van der Waals surface area contributed by atoms with Crippen molar-refractivity contribution in [2.45, 2.75) is 39.2 Å². The number of rotatable bonds is 5. The van der Waals surface area contributed by atoms with Gasteiger partial charge >= 0.3 is 0 Å². The number of aromatic nitrogens is 2. The van der Waals surface area contributed by atoms with Crippen LogP contribution in [0.3, 0.4) is 0 Å². The highest BCUT2D eigenvalue weighted by molar-refractivity contribution is 4.93. The summed E-state index contributed by atoms with van der Waals surface area (Å²) < 4.78 is 10.5. The third-order valence-corrected chi connectivity index (χ3v) is 3.02. The fourth-order valence-electron chi connectivity index (χ4n) is 2.11. The molecule has 0 spiro atoms. The van der Waals surface area contributed by atoms with Gasteiger partial charge in [-0.2, -0.15) is 4.98 Å². The van der Waals surface area contributed by atoms with Gasteiger partial charge in [-0.05, 0) is 24.7 Å². The van der Waals surface area contributed by atoms with Gasteiger partial charge in [0.25, 0.3) is 0 Å². The van der Waals surface area contributed by atoms with Gasteiger partial charge in [-0.1, -0.05) is 19.0 Å². The van der Waals surface area contributed by atoms with Gasteiger partial charge < -0.3 is 15.0 Å². The SMILES string of the molecule is CC(C)C[C@@H](N)c1nc(CC2CCOC2)no1. The first-order chi connectivity index (χ1) is 8.15. The van der Waals surface area contributed by atoms with Gasteiger partial charge in [-0.25, -0.2) is 0 Å². The van der Waals surface area contributed by atoms with Crippen molar-refractivity contribution in [1.29, 1.82) is 0 Å². The zero-order chi connectivity index (χ0) is 12.3. The fraction of sp³-hybridized carbons (Fsp3) is 0.833. The van der Waals surface area contributed by atoms with Crippen LogP contribution in [0.15, 0.2) is 4.52 Å². The normalized spacial score (nSPS) is 22.2. The standard InChI is InChI=1S/C12H21N3O2/c1-8(2)5-10(13)12-14-11(15-17-12)6-9-3-4-16-7-9/h8-10H,3-7,13H2,1-2H3/t9?,10-/m1/s1. The maximum atomic E-state index is 6.00. The summed E-state index contributed by atoms with van der Waals surface area (Å²) in [5, 5.41) is 3.99. The third kappa shape index (κ3) is 3.51. The summed E-state index contributed by atoms with van der Waals surface area (Å²) in [5.41, 5.74) is 6.00. The molecule has 0 radical (unpaired) electrons. The molecule has 1 aromatic rings. The summed E-state index contributed by atoms with van der Waals surface area (Å²) in [7, 11) is 0. The zero-order valence-corrected chi connectivity index (χ0v) is 10.6. The van der Waals surface area contributed by atoms with Crippen LogP contribution in [0.2, 0.25) is 0 Å². The minimum absolute atomic E-state index is 0.143. The molecule has 0 aromatic carbocycles. The number of hydrogen-bond donors (Lipinski definition) is 1. The maximum Gasteiger partial charge on any atom is 0.243 e. The van der Waals surface area contributed by atoms with E-state index < -0.39 is 0 Å². The summed E-state index contributed by atoms with van der Waals surface area (Å²) in [6, 6.07) is -0.143. The quantitative estimate of drug-likeness (QED) is 0.846. The second-order valence-electron chi connectivity index (χ2n) is 5.22. The van der Waals surface area contributed by atoms with Crippen LogP contribution in [0.25, 0.3) is 0 Å². The maximum absolute atomic E-state index is 6.00. The van der Waals surface area contributed by atoms with Crippen LogP contribution in [0.1, 0.15) is 44.4 Å². The Morgan fingerprint density at radius 3 is 2.94 bits per heavy atom. The van der Waals surface area contributed by atoms with Crippen molar-refractivity contribution in [3.8, 4) is 0 Å². The van der Waals surface area contributed by atoms with E-state index in [1.807, 2.05) is 0 Å². The molecule has 1 aliphatic heterocycles. The van der Waals surface area contributed by atoms with Gasteiger partial charge in [0.1, 0.15) is 0 Å². The molecule has 1 unspecified atom stereocenters. The largest absolute Gasteiger partial charge is 0.381 e. The van der Waals surface area contributed by atoms with Crippen molar-refractivity contribution >= 4 is 0 Å². The lowest BCUT2D eigenvalue weighted by Crippen LogP contribution is -2.13. The molecular formula is C12H21N3O2. The van der Waals surface area contributed by atoms with Crippen LogP contribution >= 0.6 is 0 Å². The number of nitrogens with two attached hydrogens (primary N) is 1. The molecule has 5 heteroatoms. The number of hydrogen-bond acceptors (Lipinski definition) is 5. The molecule has 2 heterocycles. The van der Waals surface area contributed by atoms with E-state index in [1.165, 1.54) is 0 Å². The topological polar surface area (TPSA) is 74.2 Å². The van der Waals surface area contributed by atoms with Crippen LogP contribution in [0.5, 0.6) is 0 Å². The number of nitrogens with zero attached hydrogens (tertiary/aromatic N) is 2. The Morgan fingerprint density at radius 2 is 2.29 bits per heavy atom. The Labute approximate surface area is 102 Å². The predicted octanol–water partition coefficient (Wildman–Crippen LogP) is 1.69. The minimum Gasteiger partial charge on any atom is -0.381 e. The molecule has 2 N–H and O–H groups in total. The van der Waals surface area contributed by atoms with Gasteiger partial charge in [-0.3, -0.25) is 0 Å². The molecule has 5 nitrogen and oxygen atoms in total. The third-order valence-electron chi connectivity index (χ3n) is 3.02. The summed E-state index contributed by atoms with van der Waals surface area (Å²) >= 11 is 0. The molecule has 2 rings (SSSR count). The lowest BCUT2D eigenvalue weighted by atomic mass is 10.0. The van der Waals surface area contributed by atoms with Crippen molar-refractivity contribution in [3.63, 3.8) is 0 Å². The van der Waals surface area contributed by atoms with E-state index >= 15 is 0 Å². The average Bonchev–Trinajstić information content (AvgIpc) is 2.88. The van der Waals surface area contributed by atoms with Gasteiger partial charge in [0.15, 0.2) is 5.82 Å². The molecule has 0 amide bonds. The molecule has 17 heavy (non-hydrogen) atoms. The van der Waals surface area contributed by atoms with E-state index in [9.17, 15) is 0 Å². The Balaban J connectivity index is 1.90. The van der Waals surface area contributed by atoms with Crippen LogP contribution in [0.4, 0.5) is 0 Å². The summed E-state index contributed by atoms with van der Waals surface area (Å²) in [6.07, 6.45) is 2.79. The first-order valence-corrected chi connectivity index (χ1v) is 6.31. The van der Waals surface area contributed by atoms with Gasteiger partial charge in [0.05, 0.1) is 6.04 Å². The highest BCUT2D eigenvalue weighted by Gasteiger charge is 2.21. The Morgan fingerprint density at radius 1 is 1.47 bits per heavy atom. The van der Waals surface area contributed by atoms with E-state index in [-0.39, 0.29) is 6.04 Å². The number of ether oxygens (including phenoxy) is 1. The van der Waals surface area contributed by atoms with E-state index in [0.29, 0.717) is 17.7 Å². The van der Waals surface area contributed by atoms with Crippen molar-refractivity contribution < 1.29 is 9.26 Å². The lowest BCUT2D eigenvalue weighted by molar-refractivity contribution is 0.185. The summed E-state index contributed by atoms with van der Waals surface area (Å²) in [6.45, 7) is 5.92. The van der Waals surface area contributed by atoms with Gasteiger partial charge in [-0.15, -0.1) is 0 Å². The van der Waals surface area contributed by atoms with E-state index in [1.54, 1.807) is 0 Å². The molecule has 1 aromatic heterocycles. The molecule has 1 fully saturated rings. The zero-order valence-electron chi connectivity index (χ0n) is 10.6. The minimum atomic E-state index is -0.143. The van der Waals surface area contributed by atoms with E-state index in [4.69, 9.17) is 15.0 Å². The predicted molar refractivity (Wildman–Crippen MR) is 63.3 cm³/mol. The lowest BCUT2D eigenvalue weighted by Gasteiger charge is -2.08. The monoisotopic (exact) mass is 239 g/mol. The van der Waals surface area contributed by atoms with Crippen LogP contribution in [-0.2, 0) is 11.2 Å². The molecule has 0 aliphatic carbocycles. The van der Waals surface area contributed by atoms with Crippen molar-refractivity contribution in [2.75, 3.05) is 13.2 Å². The molecule has 1 saturated heterocycles. The van der Waals surface area contributed by atoms with Gasteiger partial charge in [0.2, 0.25) is 5.89 Å². The highest BCUT2D eigenvalue weighted by atomic mass is 16.5. The first kappa shape index (κ1) is 12.5. The summed E-state index contributed by atoms with van der Waals surface area (Å²) in [5.74, 6) is 2.38. The molecule has 0 bridgehead atoms. The smallest absolute Gasteiger partial charge is 0.243 e. The molecular weight excluding hydrogens is 218 g/mol. The van der Waals surface area contributed by atoms with E-state index in [2.05, 4.69) is 24.0 Å². The molecule has 96 valence electrons. The fourth-order valence-corrected chi connectivity index (χ4v) is 2.11. The van der Waals surface area contributed by atoms with Gasteiger partial charge in [0, 0.05) is 19.6 Å². The first-order valence-electron chi connectivity index (χ1n) is 6.31. The van der Waals surface area contributed by atoms with Crippen molar-refractivity contribution in [3.05, 3.63) is 11.7 Å². The second-order valence-corrected chi connectivity index (χ2v) is 5.22. The Bertz CT molecular complexity index is 345. The Kier molecular flexibility index (Phi) is 4.12. The average molecular weight is 239 g/mol. The molecule has 0 saturated carbocycles. The second kappa shape index (κ2) is 5.60. The van der Waals surface area contributed by atoms with Crippen molar-refractivity contribution in [1.82, 2.24) is 10.1 Å². The van der Waals surface area contributed by atoms with E-state index in [0.717, 1.165) is 38.3 Å². The van der Waals surface area contributed by atoms with Crippen molar-refractivity contribution in [2.24, 2.45) is 17.6 Å². The summed E-state index contributed by atoms with van der Waals surface area (Å²) in [4.78, 5) is 4.37. The Hall–Kier alpha value is -0.940.